The van der Waals surface area contributed by atoms with Crippen molar-refractivity contribution >= 4 is 23.4 Å². The minimum atomic E-state index is -1.27. The summed E-state index contributed by atoms with van der Waals surface area (Å²) in [4.78, 5) is 43.4. The third kappa shape index (κ3) is 2.27. The number of carbonyl (C=O) groups is 3. The second-order valence-electron chi connectivity index (χ2n) is 8.11. The average Bonchev–Trinajstić information content (AvgIpc) is 3.29. The van der Waals surface area contributed by atoms with Crippen molar-refractivity contribution in [1.82, 2.24) is 10.2 Å². The van der Waals surface area contributed by atoms with Gasteiger partial charge in [0.1, 0.15) is 5.54 Å². The minimum Gasteiger partial charge on any atom is -0.298 e. The maximum absolute atomic E-state index is 13.7. The molecule has 1 spiro atoms. The number of hydrogen-bond donors (Lipinski definition) is 1. The molecule has 4 atom stereocenters. The molecule has 3 aliphatic heterocycles. The van der Waals surface area contributed by atoms with E-state index < -0.39 is 17.4 Å². The third-order valence-electron chi connectivity index (χ3n) is 6.54. The Morgan fingerprint density at radius 1 is 1.00 bits per heavy atom. The van der Waals surface area contributed by atoms with Crippen molar-refractivity contribution in [3.63, 3.8) is 0 Å². The van der Waals surface area contributed by atoms with Gasteiger partial charge >= 0.3 is 0 Å². The van der Waals surface area contributed by atoms with Crippen molar-refractivity contribution in [3.05, 3.63) is 65.7 Å². The zero-order valence-corrected chi connectivity index (χ0v) is 16.5. The molecule has 6 heteroatoms. The van der Waals surface area contributed by atoms with Crippen LogP contribution in [0, 0.1) is 24.2 Å². The van der Waals surface area contributed by atoms with E-state index in [4.69, 9.17) is 6.42 Å². The van der Waals surface area contributed by atoms with Crippen LogP contribution in [0.3, 0.4) is 0 Å². The Hall–Kier alpha value is -3.43. The number of terminal acetylenes is 1. The van der Waals surface area contributed by atoms with Gasteiger partial charge in [-0.2, -0.15) is 0 Å². The van der Waals surface area contributed by atoms with E-state index in [1.165, 1.54) is 9.80 Å². The Labute approximate surface area is 174 Å². The summed E-state index contributed by atoms with van der Waals surface area (Å²) >= 11 is 0. The van der Waals surface area contributed by atoms with Crippen molar-refractivity contribution in [2.75, 3.05) is 11.4 Å². The van der Waals surface area contributed by atoms with Gasteiger partial charge in [-0.1, -0.05) is 54.5 Å². The number of nitrogens with zero attached hydrogens (tertiary/aromatic N) is 2. The van der Waals surface area contributed by atoms with Gasteiger partial charge in [-0.15, -0.1) is 6.42 Å². The van der Waals surface area contributed by atoms with Gasteiger partial charge in [0.05, 0.1) is 30.6 Å². The van der Waals surface area contributed by atoms with Crippen LogP contribution in [0.1, 0.15) is 18.1 Å². The highest BCUT2D eigenvalue weighted by Gasteiger charge is 2.70. The van der Waals surface area contributed by atoms with Crippen molar-refractivity contribution < 1.29 is 14.4 Å². The second kappa shape index (κ2) is 6.54. The maximum atomic E-state index is 13.7. The van der Waals surface area contributed by atoms with Crippen molar-refractivity contribution in [2.24, 2.45) is 11.8 Å². The number of likely N-dealkylation sites (tertiary alicyclic amines) is 1. The maximum Gasteiger partial charge on any atom is 0.253 e. The van der Waals surface area contributed by atoms with E-state index in [2.05, 4.69) is 11.2 Å². The molecule has 0 aliphatic carbocycles. The molecule has 0 bridgehead atoms. The average molecular weight is 399 g/mol. The number of fused-ring (bicyclic) bond motifs is 4. The Morgan fingerprint density at radius 3 is 2.43 bits per heavy atom. The van der Waals surface area contributed by atoms with Crippen LogP contribution in [0.2, 0.25) is 0 Å². The molecule has 3 heterocycles. The second-order valence-corrected chi connectivity index (χ2v) is 8.11. The summed E-state index contributed by atoms with van der Waals surface area (Å²) in [5.41, 5.74) is 1.02. The summed E-state index contributed by atoms with van der Waals surface area (Å²) in [6.45, 7) is 2.18. The molecular weight excluding hydrogens is 378 g/mol. The number of carbonyl (C=O) groups excluding carboxylic acids is 3. The largest absolute Gasteiger partial charge is 0.298 e. The first kappa shape index (κ1) is 18.6. The molecule has 0 radical (unpaired) electrons. The van der Waals surface area contributed by atoms with E-state index in [0.717, 1.165) is 5.56 Å². The van der Waals surface area contributed by atoms with Gasteiger partial charge in [-0.3, -0.25) is 29.5 Å². The van der Waals surface area contributed by atoms with Crippen LogP contribution in [0.15, 0.2) is 54.6 Å². The summed E-state index contributed by atoms with van der Waals surface area (Å²) < 4.78 is 0. The minimum absolute atomic E-state index is 0.112. The molecule has 2 aromatic carbocycles. The van der Waals surface area contributed by atoms with Crippen LogP contribution in [0.4, 0.5) is 5.69 Å². The predicted octanol–water partition coefficient (Wildman–Crippen LogP) is 1.65. The molecule has 30 heavy (non-hydrogen) atoms. The number of para-hydroxylation sites is 1. The summed E-state index contributed by atoms with van der Waals surface area (Å²) in [7, 11) is 0. The quantitative estimate of drug-likeness (QED) is 0.630. The first-order chi connectivity index (χ1) is 14.5. The molecule has 0 aromatic heterocycles. The molecule has 0 saturated carbocycles. The van der Waals surface area contributed by atoms with Crippen molar-refractivity contribution in [1.29, 1.82) is 0 Å². The Morgan fingerprint density at radius 2 is 1.70 bits per heavy atom. The zero-order chi connectivity index (χ0) is 21.0. The lowest BCUT2D eigenvalue weighted by molar-refractivity contribution is -0.143. The standard InChI is InChI=1S/C24H21N3O3/c1-3-13-26-18-12-8-7-11-17(18)24(23(26)30)20-19(15(2)25-24)21(28)27(22(20)29)14-16-9-5-4-6-10-16/h1,4-12,15,19-20,25H,13-14H2,2H3/t15-,19+,20-,24-/m0/s1. The fraction of sp³-hybridized carbons (Fsp3) is 0.292. The lowest BCUT2D eigenvalue weighted by atomic mass is 9.76. The first-order valence-corrected chi connectivity index (χ1v) is 10.0. The summed E-state index contributed by atoms with van der Waals surface area (Å²) in [6.07, 6.45) is 5.51. The van der Waals surface area contributed by atoms with Crippen LogP contribution in [-0.2, 0) is 26.5 Å². The highest BCUT2D eigenvalue weighted by Crippen LogP contribution is 2.54. The van der Waals surface area contributed by atoms with Crippen LogP contribution >= 0.6 is 0 Å². The van der Waals surface area contributed by atoms with E-state index in [1.807, 2.05) is 61.5 Å². The van der Waals surface area contributed by atoms with Crippen LogP contribution in [0.25, 0.3) is 0 Å². The first-order valence-electron chi connectivity index (χ1n) is 10.0. The Balaban J connectivity index is 1.61. The number of imide groups is 1. The van der Waals surface area contributed by atoms with Crippen LogP contribution in [0.5, 0.6) is 0 Å². The van der Waals surface area contributed by atoms with E-state index in [-0.39, 0.29) is 36.9 Å². The SMILES string of the molecule is C#CCN1C(=O)[C@]2(N[C@@H](C)[C@H]3C(=O)N(Cc4ccccc4)C(=O)[C@H]32)c2ccccc21. The van der Waals surface area contributed by atoms with Gasteiger partial charge < -0.3 is 0 Å². The normalized spacial score (nSPS) is 29.5. The van der Waals surface area contributed by atoms with E-state index in [9.17, 15) is 14.4 Å². The summed E-state index contributed by atoms with van der Waals surface area (Å²) in [5, 5.41) is 3.34. The third-order valence-corrected chi connectivity index (χ3v) is 6.54. The highest BCUT2D eigenvalue weighted by atomic mass is 16.2. The van der Waals surface area contributed by atoms with Crippen molar-refractivity contribution in [3.8, 4) is 12.3 Å². The molecule has 0 unspecified atom stereocenters. The van der Waals surface area contributed by atoms with E-state index >= 15 is 0 Å². The fourth-order valence-electron chi connectivity index (χ4n) is 5.34. The van der Waals surface area contributed by atoms with E-state index in [1.54, 1.807) is 0 Å². The summed E-state index contributed by atoms with van der Waals surface area (Å²) in [6, 6.07) is 16.5. The van der Waals surface area contributed by atoms with Gasteiger partial charge in [-0.25, -0.2) is 0 Å². The zero-order valence-electron chi connectivity index (χ0n) is 16.5. The fourth-order valence-corrected chi connectivity index (χ4v) is 5.34. The van der Waals surface area contributed by atoms with E-state index in [0.29, 0.717) is 11.3 Å². The molecule has 2 aromatic rings. The number of amides is 3. The van der Waals surface area contributed by atoms with Gasteiger partial charge in [0, 0.05) is 11.6 Å². The van der Waals surface area contributed by atoms with Crippen LogP contribution < -0.4 is 10.2 Å². The van der Waals surface area contributed by atoms with Gasteiger partial charge in [0.15, 0.2) is 0 Å². The molecule has 6 nitrogen and oxygen atoms in total. The molecule has 1 N–H and O–H groups in total. The topological polar surface area (TPSA) is 69.7 Å². The molecule has 5 rings (SSSR count). The van der Waals surface area contributed by atoms with Gasteiger partial charge in [0.2, 0.25) is 11.8 Å². The number of rotatable bonds is 3. The molecule has 3 amide bonds. The highest BCUT2D eigenvalue weighted by molar-refractivity contribution is 6.16. The lowest BCUT2D eigenvalue weighted by Crippen LogP contribution is -2.54. The van der Waals surface area contributed by atoms with Gasteiger partial charge in [-0.05, 0) is 18.6 Å². The lowest BCUT2D eigenvalue weighted by Gasteiger charge is -2.30. The van der Waals surface area contributed by atoms with Crippen molar-refractivity contribution in [2.45, 2.75) is 25.0 Å². The number of anilines is 1. The number of benzene rings is 2. The van der Waals surface area contributed by atoms with Crippen LogP contribution in [-0.4, -0.2) is 35.2 Å². The number of hydrogen-bond acceptors (Lipinski definition) is 4. The Kier molecular flexibility index (Phi) is 4.05. The number of nitrogens with one attached hydrogen (secondary N) is 1. The predicted molar refractivity (Wildman–Crippen MR) is 111 cm³/mol. The monoisotopic (exact) mass is 399 g/mol. The Bertz CT molecular complexity index is 1110. The summed E-state index contributed by atoms with van der Waals surface area (Å²) in [5.74, 6) is 0.350. The smallest absolute Gasteiger partial charge is 0.253 e. The molecule has 2 saturated heterocycles. The molecule has 150 valence electrons. The molecule has 3 aliphatic rings. The van der Waals surface area contributed by atoms with Gasteiger partial charge in [0.25, 0.3) is 5.91 Å². The molecular formula is C24H21N3O3. The molecule has 2 fully saturated rings.